The van der Waals surface area contributed by atoms with Crippen molar-refractivity contribution in [3.8, 4) is 0 Å². The van der Waals surface area contributed by atoms with Crippen molar-refractivity contribution in [1.82, 2.24) is 10.2 Å². The molecule has 0 heterocycles. The van der Waals surface area contributed by atoms with Gasteiger partial charge in [0.15, 0.2) is 0 Å². The van der Waals surface area contributed by atoms with E-state index in [4.69, 9.17) is 0 Å². The van der Waals surface area contributed by atoms with Crippen LogP contribution < -0.4 is 5.32 Å². The molecule has 29 heavy (non-hydrogen) atoms. The largest absolute Gasteiger partial charge is 0.396 e. The first kappa shape index (κ1) is 22.8. The fourth-order valence-corrected chi connectivity index (χ4v) is 3.20. The van der Waals surface area contributed by atoms with Gasteiger partial charge in [-0.25, -0.2) is 9.38 Å². The standard InChI is InChI=1S/C23H32FN3O2/c1-16(2)20(17(3)21(25-5)26-23(4)11-12-23)22(29)27(13-6-14-28)15-18-7-9-19(24)10-8-18/h7-10,26,28H,5-6,11-15H2,1-4H3/b21-17-. The van der Waals surface area contributed by atoms with Gasteiger partial charge in [0.2, 0.25) is 0 Å². The summed E-state index contributed by atoms with van der Waals surface area (Å²) >= 11 is 0. The highest BCUT2D eigenvalue weighted by Gasteiger charge is 2.38. The molecule has 0 atom stereocenters. The Bertz CT molecular complexity index is 804. The third-order valence-corrected chi connectivity index (χ3v) is 5.18. The lowest BCUT2D eigenvalue weighted by Gasteiger charge is -2.26. The van der Waals surface area contributed by atoms with Gasteiger partial charge in [0.25, 0.3) is 5.91 Å². The van der Waals surface area contributed by atoms with Crippen molar-refractivity contribution in [1.29, 1.82) is 0 Å². The molecule has 0 saturated heterocycles. The number of carbonyl (C=O) groups is 1. The number of halogens is 1. The molecular formula is C23H32FN3O2. The number of aliphatic hydroxyl groups excluding tert-OH is 1. The molecular weight excluding hydrogens is 369 g/mol. The molecule has 1 aliphatic rings. The highest BCUT2D eigenvalue weighted by atomic mass is 19.1. The van der Waals surface area contributed by atoms with E-state index in [1.165, 1.54) is 12.1 Å². The number of benzene rings is 1. The minimum absolute atomic E-state index is 0.00839. The van der Waals surface area contributed by atoms with Crippen molar-refractivity contribution < 1.29 is 14.3 Å². The second-order valence-electron chi connectivity index (χ2n) is 8.12. The normalized spacial score (nSPS) is 15.2. The maximum Gasteiger partial charge on any atom is 0.254 e. The minimum Gasteiger partial charge on any atom is -0.396 e. The van der Waals surface area contributed by atoms with Crippen LogP contribution in [0.2, 0.25) is 0 Å². The van der Waals surface area contributed by atoms with Gasteiger partial charge in [0, 0.05) is 36.4 Å². The number of rotatable bonds is 10. The van der Waals surface area contributed by atoms with Crippen LogP contribution >= 0.6 is 0 Å². The minimum atomic E-state index is -0.313. The highest BCUT2D eigenvalue weighted by molar-refractivity contribution is 5.98. The van der Waals surface area contributed by atoms with Gasteiger partial charge < -0.3 is 15.3 Å². The van der Waals surface area contributed by atoms with Crippen LogP contribution in [0.15, 0.2) is 51.8 Å². The highest BCUT2D eigenvalue weighted by Crippen LogP contribution is 2.36. The van der Waals surface area contributed by atoms with Crippen molar-refractivity contribution in [2.75, 3.05) is 13.2 Å². The van der Waals surface area contributed by atoms with E-state index in [1.54, 1.807) is 17.0 Å². The predicted octanol–water partition coefficient (Wildman–Crippen LogP) is 3.95. The molecule has 0 unspecified atom stereocenters. The van der Waals surface area contributed by atoms with Gasteiger partial charge >= 0.3 is 0 Å². The molecule has 1 aromatic rings. The number of aliphatic imine (C=N–C) groups is 1. The number of aliphatic hydroxyl groups is 1. The number of nitrogens with zero attached hydrogens (tertiary/aromatic N) is 2. The van der Waals surface area contributed by atoms with Crippen LogP contribution in [0.3, 0.4) is 0 Å². The Balaban J connectivity index is 2.34. The fraction of sp³-hybridized carbons (Fsp3) is 0.478. The Morgan fingerprint density at radius 2 is 1.90 bits per heavy atom. The molecule has 1 aliphatic carbocycles. The zero-order valence-corrected chi connectivity index (χ0v) is 17.9. The summed E-state index contributed by atoms with van der Waals surface area (Å²) < 4.78 is 13.2. The summed E-state index contributed by atoms with van der Waals surface area (Å²) in [4.78, 5) is 19.3. The summed E-state index contributed by atoms with van der Waals surface area (Å²) in [6.07, 6.45) is 2.59. The van der Waals surface area contributed by atoms with Crippen molar-refractivity contribution in [3.63, 3.8) is 0 Å². The van der Waals surface area contributed by atoms with Crippen molar-refractivity contribution in [3.05, 3.63) is 58.2 Å². The van der Waals surface area contributed by atoms with Crippen LogP contribution in [0.5, 0.6) is 0 Å². The summed E-state index contributed by atoms with van der Waals surface area (Å²) in [7, 11) is 0. The van der Waals surface area contributed by atoms with Crippen LogP contribution in [0.1, 0.15) is 52.5 Å². The first-order valence-corrected chi connectivity index (χ1v) is 9.99. The van der Waals surface area contributed by atoms with E-state index in [-0.39, 0.29) is 23.9 Å². The molecule has 6 heteroatoms. The number of hydrogen-bond acceptors (Lipinski definition) is 4. The Morgan fingerprint density at radius 1 is 1.28 bits per heavy atom. The summed E-state index contributed by atoms with van der Waals surface area (Å²) in [5, 5.41) is 12.7. The van der Waals surface area contributed by atoms with E-state index in [1.807, 2.05) is 20.8 Å². The molecule has 0 radical (unpaired) electrons. The maximum atomic E-state index is 13.5. The number of amides is 1. The quantitative estimate of drug-likeness (QED) is 0.354. The second kappa shape index (κ2) is 9.83. The third kappa shape index (κ3) is 6.26. The molecule has 2 N–H and O–H groups in total. The molecule has 1 fully saturated rings. The molecule has 0 spiro atoms. The van der Waals surface area contributed by atoms with Crippen molar-refractivity contribution in [2.24, 2.45) is 4.99 Å². The van der Waals surface area contributed by atoms with Crippen LogP contribution in [0.4, 0.5) is 4.39 Å². The monoisotopic (exact) mass is 401 g/mol. The number of carbonyl (C=O) groups excluding carboxylic acids is 1. The van der Waals surface area contributed by atoms with E-state index in [0.29, 0.717) is 30.9 Å². The smallest absolute Gasteiger partial charge is 0.254 e. The summed E-state index contributed by atoms with van der Waals surface area (Å²) in [6.45, 7) is 12.2. The maximum absolute atomic E-state index is 13.5. The second-order valence-corrected chi connectivity index (χ2v) is 8.12. The molecule has 0 aliphatic heterocycles. The average Bonchev–Trinajstić information content (AvgIpc) is 3.41. The number of hydrogen-bond donors (Lipinski definition) is 2. The lowest BCUT2D eigenvalue weighted by atomic mass is 10.00. The van der Waals surface area contributed by atoms with Crippen molar-refractivity contribution >= 4 is 12.6 Å². The van der Waals surface area contributed by atoms with Crippen LogP contribution in [0, 0.1) is 5.82 Å². The number of nitrogens with one attached hydrogen (secondary N) is 1. The van der Waals surface area contributed by atoms with E-state index in [9.17, 15) is 14.3 Å². The van der Waals surface area contributed by atoms with E-state index >= 15 is 0 Å². The average molecular weight is 402 g/mol. The Kier molecular flexibility index (Phi) is 7.73. The van der Waals surface area contributed by atoms with Gasteiger partial charge in [-0.05, 0) is 71.4 Å². The fourth-order valence-electron chi connectivity index (χ4n) is 3.20. The van der Waals surface area contributed by atoms with Gasteiger partial charge in [0.05, 0.1) is 0 Å². The van der Waals surface area contributed by atoms with Gasteiger partial charge in [-0.15, -0.1) is 0 Å². The predicted molar refractivity (Wildman–Crippen MR) is 115 cm³/mol. The van der Waals surface area contributed by atoms with Crippen LogP contribution in [-0.2, 0) is 11.3 Å². The SMILES string of the molecule is C=N/C(NC1(C)CC1)=C(\C)C(C(=O)N(CCCO)Cc1ccc(F)cc1)=C(C)C. The summed E-state index contributed by atoms with van der Waals surface area (Å²) in [5.41, 5.74) is 3.07. The Hall–Kier alpha value is -2.47. The van der Waals surface area contributed by atoms with Crippen molar-refractivity contribution in [2.45, 2.75) is 59.0 Å². The first-order chi connectivity index (χ1) is 13.7. The summed E-state index contributed by atoms with van der Waals surface area (Å²) in [6, 6.07) is 6.12. The van der Waals surface area contributed by atoms with Gasteiger partial charge in [-0.1, -0.05) is 17.7 Å². The lowest BCUT2D eigenvalue weighted by Crippen LogP contribution is -2.35. The molecule has 2 rings (SSSR count). The Labute approximate surface area is 173 Å². The first-order valence-electron chi connectivity index (χ1n) is 9.99. The molecule has 0 bridgehead atoms. The molecule has 1 aromatic carbocycles. The van der Waals surface area contributed by atoms with E-state index in [2.05, 4.69) is 24.0 Å². The van der Waals surface area contributed by atoms with E-state index in [0.717, 1.165) is 29.6 Å². The van der Waals surface area contributed by atoms with Gasteiger partial charge in [-0.3, -0.25) is 4.79 Å². The van der Waals surface area contributed by atoms with Gasteiger partial charge in [-0.2, -0.15) is 0 Å². The lowest BCUT2D eigenvalue weighted by molar-refractivity contribution is -0.127. The zero-order valence-electron chi connectivity index (χ0n) is 17.9. The summed E-state index contributed by atoms with van der Waals surface area (Å²) in [5.74, 6) is 0.176. The molecule has 1 saturated carbocycles. The third-order valence-electron chi connectivity index (χ3n) is 5.18. The molecule has 1 amide bonds. The van der Waals surface area contributed by atoms with Crippen LogP contribution in [0.25, 0.3) is 0 Å². The molecule has 0 aromatic heterocycles. The molecule has 5 nitrogen and oxygen atoms in total. The zero-order chi connectivity index (χ0) is 21.6. The molecule has 158 valence electrons. The topological polar surface area (TPSA) is 64.9 Å². The Morgan fingerprint density at radius 3 is 2.38 bits per heavy atom. The van der Waals surface area contributed by atoms with Gasteiger partial charge in [0.1, 0.15) is 11.6 Å². The van der Waals surface area contributed by atoms with Crippen LogP contribution in [-0.4, -0.2) is 41.3 Å². The number of allylic oxidation sites excluding steroid dienone is 1. The van der Waals surface area contributed by atoms with E-state index < -0.39 is 0 Å².